The van der Waals surface area contributed by atoms with E-state index in [4.69, 9.17) is 5.11 Å². The molecule has 0 spiro atoms. The zero-order valence-electron chi connectivity index (χ0n) is 9.94. The highest BCUT2D eigenvalue weighted by molar-refractivity contribution is 7.85. The fourth-order valence-corrected chi connectivity index (χ4v) is 4.87. The van der Waals surface area contributed by atoms with Crippen molar-refractivity contribution in [2.45, 2.75) is 33.1 Å². The second-order valence-corrected chi connectivity index (χ2v) is 7.34. The maximum Gasteiger partial charge on any atom is 0.316 e. The van der Waals surface area contributed by atoms with Crippen molar-refractivity contribution in [2.24, 2.45) is 23.2 Å². The quantitative estimate of drug-likeness (QED) is 0.821. The molecule has 3 aliphatic rings. The summed E-state index contributed by atoms with van der Waals surface area (Å²) in [5, 5.41) is 8.60. The van der Waals surface area contributed by atoms with Crippen molar-refractivity contribution in [3.05, 3.63) is 0 Å². The predicted molar refractivity (Wildman–Crippen MR) is 63.6 cm³/mol. The van der Waals surface area contributed by atoms with E-state index in [2.05, 4.69) is 13.8 Å². The van der Waals surface area contributed by atoms with Gasteiger partial charge in [0, 0.05) is 16.6 Å². The van der Waals surface area contributed by atoms with Crippen LogP contribution in [0.4, 0.5) is 0 Å². The maximum atomic E-state index is 11.6. The lowest BCUT2D eigenvalue weighted by molar-refractivity contribution is -0.134. The van der Waals surface area contributed by atoms with Gasteiger partial charge in [-0.3, -0.25) is 9.00 Å². The molecule has 3 saturated carbocycles. The third-order valence-electron chi connectivity index (χ3n) is 4.69. The lowest BCUT2D eigenvalue weighted by Gasteiger charge is -2.60. The van der Waals surface area contributed by atoms with Gasteiger partial charge in [0.15, 0.2) is 0 Å². The largest absolute Gasteiger partial charge is 0.481 e. The number of fused-ring (bicyclic) bond motifs is 2. The summed E-state index contributed by atoms with van der Waals surface area (Å²) < 4.78 is 11.6. The highest BCUT2D eigenvalue weighted by Crippen LogP contribution is 2.61. The Bertz CT molecular complexity index is 322. The van der Waals surface area contributed by atoms with E-state index < -0.39 is 16.8 Å². The first-order valence-corrected chi connectivity index (χ1v) is 7.47. The van der Waals surface area contributed by atoms with Gasteiger partial charge in [-0.15, -0.1) is 0 Å². The summed E-state index contributed by atoms with van der Waals surface area (Å²) in [4.78, 5) is 10.5. The van der Waals surface area contributed by atoms with Gasteiger partial charge >= 0.3 is 5.97 Å². The number of carbonyl (C=O) groups is 1. The van der Waals surface area contributed by atoms with E-state index in [1.54, 1.807) is 0 Å². The molecule has 0 radical (unpaired) electrons. The van der Waals surface area contributed by atoms with Gasteiger partial charge in [-0.05, 0) is 42.4 Å². The molecular formula is C12H20O3S. The van der Waals surface area contributed by atoms with Gasteiger partial charge in [-0.2, -0.15) is 0 Å². The smallest absolute Gasteiger partial charge is 0.316 e. The predicted octanol–water partition coefficient (Wildman–Crippen LogP) is 1.89. The lowest BCUT2D eigenvalue weighted by atomic mass is 9.46. The van der Waals surface area contributed by atoms with Gasteiger partial charge in [-0.25, -0.2) is 0 Å². The summed E-state index contributed by atoms with van der Waals surface area (Å²) >= 11 is 0. The second-order valence-electron chi connectivity index (χ2n) is 5.84. The molecule has 1 unspecified atom stereocenters. The van der Waals surface area contributed by atoms with Crippen LogP contribution >= 0.6 is 0 Å². The van der Waals surface area contributed by atoms with Crippen LogP contribution in [0, 0.1) is 23.2 Å². The minimum atomic E-state index is -1.18. The van der Waals surface area contributed by atoms with Gasteiger partial charge < -0.3 is 5.11 Å². The fourth-order valence-electron chi connectivity index (χ4n) is 3.60. The molecule has 4 heteroatoms. The van der Waals surface area contributed by atoms with Crippen molar-refractivity contribution in [2.75, 3.05) is 11.5 Å². The zero-order chi connectivity index (χ0) is 11.9. The van der Waals surface area contributed by atoms with E-state index in [1.165, 1.54) is 12.8 Å². The van der Waals surface area contributed by atoms with Gasteiger partial charge in [0.2, 0.25) is 0 Å². The second kappa shape index (κ2) is 4.13. The molecule has 0 heterocycles. The van der Waals surface area contributed by atoms with E-state index >= 15 is 0 Å². The normalized spacial score (nSPS) is 37.5. The monoisotopic (exact) mass is 244 g/mol. The van der Waals surface area contributed by atoms with Gasteiger partial charge in [0.1, 0.15) is 5.75 Å². The summed E-state index contributed by atoms with van der Waals surface area (Å²) in [6.07, 6.45) is 3.64. The van der Waals surface area contributed by atoms with Crippen LogP contribution in [-0.4, -0.2) is 26.8 Å². The molecular weight excluding hydrogens is 224 g/mol. The average Bonchev–Trinajstić information content (AvgIpc) is 2.15. The Hall–Kier alpha value is -0.380. The first-order valence-electron chi connectivity index (χ1n) is 5.98. The van der Waals surface area contributed by atoms with Crippen molar-refractivity contribution >= 4 is 16.8 Å². The summed E-state index contributed by atoms with van der Waals surface area (Å²) in [6.45, 7) is 4.61. The van der Waals surface area contributed by atoms with E-state index in [0.717, 1.165) is 12.3 Å². The number of aliphatic carboxylic acids is 1. The van der Waals surface area contributed by atoms with Crippen LogP contribution in [-0.2, 0) is 15.6 Å². The van der Waals surface area contributed by atoms with Crippen molar-refractivity contribution in [1.29, 1.82) is 0 Å². The minimum Gasteiger partial charge on any atom is -0.481 e. The van der Waals surface area contributed by atoms with E-state index in [-0.39, 0.29) is 5.75 Å². The Morgan fingerprint density at radius 3 is 2.62 bits per heavy atom. The number of rotatable bonds is 4. The molecule has 3 rings (SSSR count). The van der Waals surface area contributed by atoms with Crippen molar-refractivity contribution < 1.29 is 14.1 Å². The highest BCUT2D eigenvalue weighted by Gasteiger charge is 2.54. The Morgan fingerprint density at radius 1 is 1.44 bits per heavy atom. The van der Waals surface area contributed by atoms with Crippen LogP contribution in [0.15, 0.2) is 0 Å². The first kappa shape index (κ1) is 12.1. The molecule has 2 bridgehead atoms. The Balaban J connectivity index is 1.91. The molecule has 4 atom stereocenters. The summed E-state index contributed by atoms with van der Waals surface area (Å²) in [5.41, 5.74) is 0.399. The number of hydrogen-bond donors (Lipinski definition) is 1. The van der Waals surface area contributed by atoms with Gasteiger partial charge in [0.25, 0.3) is 0 Å². The summed E-state index contributed by atoms with van der Waals surface area (Å²) in [5.74, 6) is 1.46. The standard InChI is InChI=1S/C12H20O3S/c1-12(2)9-4-3-8(10(12)5-9)6-16(15)7-11(13)14/h8-10H,3-7H2,1-2H3,(H,13,14)/t8-,9-,10-,16?/m0/s1. The van der Waals surface area contributed by atoms with Crippen LogP contribution in [0.1, 0.15) is 33.1 Å². The highest BCUT2D eigenvalue weighted by atomic mass is 32.2. The fraction of sp³-hybridized carbons (Fsp3) is 0.917. The Kier molecular flexibility index (Phi) is 3.12. The van der Waals surface area contributed by atoms with Crippen molar-refractivity contribution in [1.82, 2.24) is 0 Å². The van der Waals surface area contributed by atoms with Crippen LogP contribution < -0.4 is 0 Å². The molecule has 0 aliphatic heterocycles. The number of carboxylic acid groups (broad SMARTS) is 1. The van der Waals surface area contributed by atoms with E-state index in [0.29, 0.717) is 23.0 Å². The van der Waals surface area contributed by atoms with Crippen molar-refractivity contribution in [3.63, 3.8) is 0 Å². The van der Waals surface area contributed by atoms with Crippen LogP contribution in [0.2, 0.25) is 0 Å². The summed E-state index contributed by atoms with van der Waals surface area (Å²) in [6, 6.07) is 0. The first-order chi connectivity index (χ1) is 7.41. The molecule has 3 nitrogen and oxygen atoms in total. The van der Waals surface area contributed by atoms with Gasteiger partial charge in [-0.1, -0.05) is 13.8 Å². The van der Waals surface area contributed by atoms with E-state index in [9.17, 15) is 9.00 Å². The molecule has 3 fully saturated rings. The number of hydrogen-bond acceptors (Lipinski definition) is 2. The average molecular weight is 244 g/mol. The lowest BCUT2D eigenvalue weighted by Crippen LogP contribution is -2.53. The minimum absolute atomic E-state index is 0.187. The molecule has 0 aromatic heterocycles. The topological polar surface area (TPSA) is 54.4 Å². The Morgan fingerprint density at radius 2 is 2.12 bits per heavy atom. The molecule has 0 aromatic carbocycles. The molecule has 0 aromatic rings. The summed E-state index contributed by atoms with van der Waals surface area (Å²) in [7, 11) is -1.18. The third kappa shape index (κ3) is 2.04. The maximum absolute atomic E-state index is 11.6. The number of carboxylic acids is 1. The molecule has 3 aliphatic carbocycles. The van der Waals surface area contributed by atoms with Crippen molar-refractivity contribution in [3.8, 4) is 0 Å². The van der Waals surface area contributed by atoms with Crippen LogP contribution in [0.3, 0.4) is 0 Å². The molecule has 92 valence electrons. The third-order valence-corrected chi connectivity index (χ3v) is 6.05. The van der Waals surface area contributed by atoms with Crippen LogP contribution in [0.5, 0.6) is 0 Å². The van der Waals surface area contributed by atoms with E-state index in [1.807, 2.05) is 0 Å². The zero-order valence-corrected chi connectivity index (χ0v) is 10.8. The SMILES string of the molecule is CC1(C)[C@H]2CC[C@@H](CS(=O)CC(=O)O)[C@@H]1C2. The van der Waals surface area contributed by atoms with Gasteiger partial charge in [0.05, 0.1) is 0 Å². The molecule has 0 amide bonds. The van der Waals surface area contributed by atoms with Crippen LogP contribution in [0.25, 0.3) is 0 Å². The Labute approximate surface area is 99.1 Å². The molecule has 0 saturated heterocycles. The molecule has 1 N–H and O–H groups in total. The molecule has 16 heavy (non-hydrogen) atoms.